The molecule has 0 saturated heterocycles. The zero-order valence-corrected chi connectivity index (χ0v) is 18.0. The van der Waals surface area contributed by atoms with Crippen LogP contribution in [-0.4, -0.2) is 29.2 Å². The van der Waals surface area contributed by atoms with Gasteiger partial charge in [0.25, 0.3) is 0 Å². The Labute approximate surface area is 189 Å². The monoisotopic (exact) mass is 459 g/mol. The van der Waals surface area contributed by atoms with Gasteiger partial charge >= 0.3 is 12.0 Å². The molecular formula is C22H19Cl2N3O4. The first-order valence-corrected chi connectivity index (χ1v) is 9.96. The topological polar surface area (TPSA) is 101 Å². The number of methoxy groups -OCH3 is 1. The highest BCUT2D eigenvalue weighted by Gasteiger charge is 2.15. The van der Waals surface area contributed by atoms with Gasteiger partial charge in [-0.1, -0.05) is 47.5 Å². The Bertz CT molecular complexity index is 1080. The van der Waals surface area contributed by atoms with Gasteiger partial charge in [-0.2, -0.15) is 0 Å². The van der Waals surface area contributed by atoms with Gasteiger partial charge in [0.1, 0.15) is 5.75 Å². The molecule has 2 aromatic carbocycles. The molecular weight excluding hydrogens is 441 g/mol. The normalized spacial score (nSPS) is 10.4. The van der Waals surface area contributed by atoms with Gasteiger partial charge in [-0.05, 0) is 29.8 Å². The summed E-state index contributed by atoms with van der Waals surface area (Å²) in [6.45, 7) is 0.167. The lowest BCUT2D eigenvalue weighted by Crippen LogP contribution is -2.28. The number of ether oxygens (including phenoxy) is 1. The van der Waals surface area contributed by atoms with Gasteiger partial charge in [0, 0.05) is 23.0 Å². The molecule has 0 bridgehead atoms. The van der Waals surface area contributed by atoms with Gasteiger partial charge < -0.3 is 20.5 Å². The third kappa shape index (κ3) is 5.87. The number of amides is 2. The standard InChI is InChI=1S/C22H19Cl2N3O4/c1-31-19-5-3-2-4-16(19)21-17(23)9-15(10-18(21)24)27-22(30)26-12-14-7-6-13(11-25-14)8-20(28)29/h2-7,9-11H,8,12H2,1H3,(H,28,29)(H2,26,27,30). The Morgan fingerprint density at radius 1 is 1.10 bits per heavy atom. The number of carbonyl (C=O) groups is 2. The predicted octanol–water partition coefficient (Wildman–Crippen LogP) is 5.01. The molecule has 0 saturated carbocycles. The minimum absolute atomic E-state index is 0.104. The van der Waals surface area contributed by atoms with Crippen molar-refractivity contribution < 1.29 is 19.4 Å². The van der Waals surface area contributed by atoms with E-state index in [-0.39, 0.29) is 13.0 Å². The van der Waals surface area contributed by atoms with Gasteiger partial charge in [-0.15, -0.1) is 0 Å². The van der Waals surface area contributed by atoms with Gasteiger partial charge in [0.2, 0.25) is 0 Å². The van der Waals surface area contributed by atoms with Crippen molar-refractivity contribution in [3.05, 3.63) is 76.0 Å². The van der Waals surface area contributed by atoms with Gasteiger partial charge in [-0.25, -0.2) is 4.79 Å². The van der Waals surface area contributed by atoms with E-state index in [1.165, 1.54) is 6.20 Å². The van der Waals surface area contributed by atoms with Crippen molar-refractivity contribution in [2.45, 2.75) is 13.0 Å². The van der Waals surface area contributed by atoms with E-state index in [0.717, 1.165) is 5.56 Å². The number of carboxylic acids is 1. The Morgan fingerprint density at radius 2 is 1.81 bits per heavy atom. The maximum atomic E-state index is 12.2. The van der Waals surface area contributed by atoms with Crippen LogP contribution in [0.15, 0.2) is 54.7 Å². The Morgan fingerprint density at radius 3 is 2.42 bits per heavy atom. The lowest BCUT2D eigenvalue weighted by molar-refractivity contribution is -0.136. The summed E-state index contributed by atoms with van der Waals surface area (Å²) in [5.74, 6) is -0.298. The van der Waals surface area contributed by atoms with E-state index in [9.17, 15) is 9.59 Å². The molecule has 160 valence electrons. The quantitative estimate of drug-likeness (QED) is 0.460. The summed E-state index contributed by atoms with van der Waals surface area (Å²) in [5, 5.41) is 14.9. The van der Waals surface area contributed by atoms with Gasteiger partial charge in [-0.3, -0.25) is 9.78 Å². The SMILES string of the molecule is COc1ccccc1-c1c(Cl)cc(NC(=O)NCc2ccc(CC(=O)O)cn2)cc1Cl. The molecule has 7 nitrogen and oxygen atoms in total. The third-order valence-corrected chi connectivity index (χ3v) is 4.94. The number of halogens is 2. The molecule has 3 rings (SSSR count). The molecule has 2 amide bonds. The predicted molar refractivity (Wildman–Crippen MR) is 120 cm³/mol. The first kappa shape index (κ1) is 22.4. The molecule has 0 radical (unpaired) electrons. The largest absolute Gasteiger partial charge is 0.496 e. The zero-order valence-electron chi connectivity index (χ0n) is 16.5. The summed E-state index contributed by atoms with van der Waals surface area (Å²) < 4.78 is 5.37. The highest BCUT2D eigenvalue weighted by atomic mass is 35.5. The van der Waals surface area contributed by atoms with Crippen LogP contribution in [0.3, 0.4) is 0 Å². The van der Waals surface area contributed by atoms with Crippen LogP contribution in [0.1, 0.15) is 11.3 Å². The van der Waals surface area contributed by atoms with Crippen LogP contribution < -0.4 is 15.4 Å². The van der Waals surface area contributed by atoms with Crippen LogP contribution in [0, 0.1) is 0 Å². The van der Waals surface area contributed by atoms with Gasteiger partial charge in [0.05, 0.1) is 35.8 Å². The highest BCUT2D eigenvalue weighted by Crippen LogP contribution is 2.41. The van der Waals surface area contributed by atoms with Crippen molar-refractivity contribution in [1.82, 2.24) is 10.3 Å². The Kier molecular flexibility index (Phi) is 7.33. The lowest BCUT2D eigenvalue weighted by atomic mass is 10.0. The molecule has 0 atom stereocenters. The number of carboxylic acid groups (broad SMARTS) is 1. The number of aliphatic carboxylic acids is 1. The van der Waals surface area contributed by atoms with Crippen molar-refractivity contribution in [1.29, 1.82) is 0 Å². The summed E-state index contributed by atoms with van der Waals surface area (Å²) >= 11 is 12.9. The van der Waals surface area contributed by atoms with Crippen LogP contribution in [-0.2, 0) is 17.8 Å². The number of nitrogens with zero attached hydrogens (tertiary/aromatic N) is 1. The van der Waals surface area contributed by atoms with E-state index in [1.54, 1.807) is 31.4 Å². The number of para-hydroxylation sites is 1. The second kappa shape index (κ2) is 10.1. The molecule has 1 heterocycles. The van der Waals surface area contributed by atoms with Crippen molar-refractivity contribution in [3.63, 3.8) is 0 Å². The second-order valence-corrected chi connectivity index (χ2v) is 7.37. The number of benzene rings is 2. The van der Waals surface area contributed by atoms with Crippen LogP contribution in [0.5, 0.6) is 5.75 Å². The van der Waals surface area contributed by atoms with E-state index < -0.39 is 12.0 Å². The zero-order chi connectivity index (χ0) is 22.4. The maximum Gasteiger partial charge on any atom is 0.319 e. The number of rotatable bonds is 7. The molecule has 0 unspecified atom stereocenters. The van der Waals surface area contributed by atoms with Crippen molar-refractivity contribution >= 4 is 40.9 Å². The van der Waals surface area contributed by atoms with Gasteiger partial charge in [0.15, 0.2) is 0 Å². The number of nitrogens with one attached hydrogen (secondary N) is 2. The number of aromatic nitrogens is 1. The van der Waals surface area contributed by atoms with E-state index in [1.807, 2.05) is 24.3 Å². The average molecular weight is 460 g/mol. The van der Waals surface area contributed by atoms with Crippen molar-refractivity contribution in [2.75, 3.05) is 12.4 Å². The summed E-state index contributed by atoms with van der Waals surface area (Å²) in [5.41, 5.74) is 2.95. The van der Waals surface area contributed by atoms with Crippen LogP contribution >= 0.6 is 23.2 Å². The van der Waals surface area contributed by atoms with E-state index in [0.29, 0.717) is 38.3 Å². The summed E-state index contributed by atoms with van der Waals surface area (Å²) in [6, 6.07) is 13.4. The number of hydrogen-bond donors (Lipinski definition) is 3. The first-order valence-electron chi connectivity index (χ1n) is 9.20. The number of urea groups is 1. The van der Waals surface area contributed by atoms with Crippen LogP contribution in [0.2, 0.25) is 10.0 Å². The molecule has 1 aromatic heterocycles. The number of carbonyl (C=O) groups excluding carboxylic acids is 1. The number of hydrogen-bond acceptors (Lipinski definition) is 4. The molecule has 9 heteroatoms. The lowest BCUT2D eigenvalue weighted by Gasteiger charge is -2.14. The van der Waals surface area contributed by atoms with Crippen LogP contribution in [0.4, 0.5) is 10.5 Å². The molecule has 0 spiro atoms. The first-order chi connectivity index (χ1) is 14.9. The highest BCUT2D eigenvalue weighted by molar-refractivity contribution is 6.40. The van der Waals surface area contributed by atoms with Crippen molar-refractivity contribution in [2.24, 2.45) is 0 Å². The molecule has 0 aliphatic rings. The average Bonchev–Trinajstić information content (AvgIpc) is 2.73. The number of anilines is 1. The summed E-state index contributed by atoms with van der Waals surface area (Å²) in [7, 11) is 1.56. The second-order valence-electron chi connectivity index (χ2n) is 6.55. The molecule has 0 aliphatic heterocycles. The molecule has 3 N–H and O–H groups in total. The fourth-order valence-electron chi connectivity index (χ4n) is 2.94. The Hall–Kier alpha value is -3.29. The fraction of sp³-hybridized carbons (Fsp3) is 0.136. The molecule has 0 aliphatic carbocycles. The van der Waals surface area contributed by atoms with E-state index >= 15 is 0 Å². The maximum absolute atomic E-state index is 12.2. The minimum Gasteiger partial charge on any atom is -0.496 e. The smallest absolute Gasteiger partial charge is 0.319 e. The molecule has 0 fully saturated rings. The summed E-state index contributed by atoms with van der Waals surface area (Å²) in [4.78, 5) is 27.1. The Balaban J connectivity index is 1.66. The number of pyridine rings is 1. The van der Waals surface area contributed by atoms with E-state index in [2.05, 4.69) is 15.6 Å². The fourth-order valence-corrected chi connectivity index (χ4v) is 3.63. The third-order valence-electron chi connectivity index (χ3n) is 4.35. The molecule has 3 aromatic rings. The minimum atomic E-state index is -0.930. The van der Waals surface area contributed by atoms with Crippen molar-refractivity contribution in [3.8, 4) is 16.9 Å². The summed E-state index contributed by atoms with van der Waals surface area (Å²) in [6.07, 6.45) is 1.37. The molecule has 31 heavy (non-hydrogen) atoms. The van der Waals surface area contributed by atoms with Crippen LogP contribution in [0.25, 0.3) is 11.1 Å². The van der Waals surface area contributed by atoms with E-state index in [4.69, 9.17) is 33.0 Å².